The Morgan fingerprint density at radius 2 is 0.889 bits per heavy atom. The van der Waals surface area contributed by atoms with Gasteiger partial charge in [0.15, 0.2) is 0 Å². The largest absolute Gasteiger partial charge is 0.500 e. The molecule has 0 aromatic heterocycles. The summed E-state index contributed by atoms with van der Waals surface area (Å²) in [5.74, 6) is 0. The van der Waals surface area contributed by atoms with Crippen molar-refractivity contribution < 1.29 is 27.5 Å². The fraction of sp³-hybridized carbons (Fsp3) is 1.00. The summed E-state index contributed by atoms with van der Waals surface area (Å²) in [7, 11) is -2.76. The molecule has 0 radical (unpaired) electrons. The van der Waals surface area contributed by atoms with E-state index in [-0.39, 0.29) is 16.2 Å². The standard InChI is InChI=1S/C20H38O6Si/c1-5-18(9-21-10-18)15-24-27(8-4,25-16-19(6-2)11-22-12-19)26-17-20(7-3)13-23-14-20/h5-17H2,1-4H3. The van der Waals surface area contributed by atoms with Gasteiger partial charge in [-0.2, -0.15) is 0 Å². The van der Waals surface area contributed by atoms with Crippen molar-refractivity contribution in [1.29, 1.82) is 0 Å². The second kappa shape index (κ2) is 8.77. The van der Waals surface area contributed by atoms with E-state index in [1.54, 1.807) is 0 Å². The van der Waals surface area contributed by atoms with E-state index >= 15 is 0 Å². The first-order valence-corrected chi connectivity index (χ1v) is 12.6. The molecule has 158 valence electrons. The maximum absolute atomic E-state index is 6.53. The maximum atomic E-state index is 6.53. The predicted octanol–water partition coefficient (Wildman–Crippen LogP) is 3.27. The smallest absolute Gasteiger partial charge is 0.380 e. The molecule has 0 aromatic carbocycles. The van der Waals surface area contributed by atoms with Crippen molar-refractivity contribution in [2.75, 3.05) is 59.5 Å². The zero-order valence-electron chi connectivity index (χ0n) is 17.6. The van der Waals surface area contributed by atoms with E-state index < -0.39 is 8.80 Å². The van der Waals surface area contributed by atoms with Crippen molar-refractivity contribution in [3.05, 3.63) is 0 Å². The second-order valence-electron chi connectivity index (χ2n) is 8.94. The average Bonchev–Trinajstić information content (AvgIpc) is 2.59. The van der Waals surface area contributed by atoms with Crippen molar-refractivity contribution in [1.82, 2.24) is 0 Å². The Morgan fingerprint density at radius 1 is 0.593 bits per heavy atom. The first-order valence-electron chi connectivity index (χ1n) is 10.6. The second-order valence-corrected chi connectivity index (χ2v) is 11.9. The van der Waals surface area contributed by atoms with Crippen molar-refractivity contribution in [2.45, 2.75) is 53.0 Å². The van der Waals surface area contributed by atoms with Gasteiger partial charge in [-0.1, -0.05) is 27.7 Å². The van der Waals surface area contributed by atoms with Crippen molar-refractivity contribution in [3.63, 3.8) is 0 Å². The van der Waals surface area contributed by atoms with Gasteiger partial charge in [-0.3, -0.25) is 0 Å². The highest BCUT2D eigenvalue weighted by Gasteiger charge is 2.50. The summed E-state index contributed by atoms with van der Waals surface area (Å²) < 4.78 is 36.0. The maximum Gasteiger partial charge on any atom is 0.500 e. The van der Waals surface area contributed by atoms with E-state index in [0.29, 0.717) is 19.8 Å². The zero-order chi connectivity index (χ0) is 19.4. The van der Waals surface area contributed by atoms with Gasteiger partial charge in [0, 0.05) is 42.1 Å². The van der Waals surface area contributed by atoms with Crippen LogP contribution in [0.5, 0.6) is 0 Å². The van der Waals surface area contributed by atoms with Crippen molar-refractivity contribution in [2.24, 2.45) is 16.2 Å². The van der Waals surface area contributed by atoms with Crippen LogP contribution in [0.2, 0.25) is 6.04 Å². The van der Waals surface area contributed by atoms with E-state index in [2.05, 4.69) is 27.7 Å². The van der Waals surface area contributed by atoms with Crippen LogP contribution >= 0.6 is 0 Å². The molecule has 7 heteroatoms. The van der Waals surface area contributed by atoms with Gasteiger partial charge in [-0.15, -0.1) is 0 Å². The van der Waals surface area contributed by atoms with Crippen LogP contribution in [0.25, 0.3) is 0 Å². The molecule has 3 rings (SSSR count). The van der Waals surface area contributed by atoms with Crippen molar-refractivity contribution >= 4 is 8.80 Å². The minimum absolute atomic E-state index is 0.129. The first-order chi connectivity index (χ1) is 13.0. The number of hydrogen-bond donors (Lipinski definition) is 0. The minimum Gasteiger partial charge on any atom is -0.380 e. The lowest BCUT2D eigenvalue weighted by atomic mass is 9.84. The Hall–Kier alpha value is -0.0231. The van der Waals surface area contributed by atoms with Crippen LogP contribution in [0.15, 0.2) is 0 Å². The topological polar surface area (TPSA) is 55.4 Å². The van der Waals surface area contributed by atoms with Crippen LogP contribution in [0.3, 0.4) is 0 Å². The van der Waals surface area contributed by atoms with E-state index in [1.165, 1.54) is 0 Å². The van der Waals surface area contributed by atoms with Gasteiger partial charge in [0.05, 0.1) is 39.6 Å². The van der Waals surface area contributed by atoms with Gasteiger partial charge in [0.25, 0.3) is 0 Å². The molecule has 27 heavy (non-hydrogen) atoms. The molecule has 0 atom stereocenters. The van der Waals surface area contributed by atoms with Crippen LogP contribution in [0.1, 0.15) is 47.0 Å². The van der Waals surface area contributed by atoms with Gasteiger partial charge in [-0.25, -0.2) is 0 Å². The molecule has 3 aliphatic rings. The van der Waals surface area contributed by atoms with Gasteiger partial charge in [0.1, 0.15) is 0 Å². The number of hydrogen-bond acceptors (Lipinski definition) is 6. The Labute approximate surface area is 165 Å². The predicted molar refractivity (Wildman–Crippen MR) is 105 cm³/mol. The molecular weight excluding hydrogens is 364 g/mol. The molecule has 0 N–H and O–H groups in total. The normalized spacial score (nSPS) is 25.3. The lowest BCUT2D eigenvalue weighted by molar-refractivity contribution is -0.168. The van der Waals surface area contributed by atoms with E-state index in [9.17, 15) is 0 Å². The van der Waals surface area contributed by atoms with Crippen LogP contribution in [0.4, 0.5) is 0 Å². The molecule has 0 unspecified atom stereocenters. The van der Waals surface area contributed by atoms with Crippen LogP contribution < -0.4 is 0 Å². The SMILES string of the molecule is CCC1(CO[Si](CC)(OCC2(CC)COC2)OCC2(CC)COC2)COC1. The molecule has 0 bridgehead atoms. The van der Waals surface area contributed by atoms with E-state index in [1.807, 2.05) is 0 Å². The summed E-state index contributed by atoms with van der Waals surface area (Å²) in [6.07, 6.45) is 3.17. The Balaban J connectivity index is 1.64. The highest BCUT2D eigenvalue weighted by molar-refractivity contribution is 6.60. The quantitative estimate of drug-likeness (QED) is 0.441. The highest BCUT2D eigenvalue weighted by Crippen LogP contribution is 2.38. The van der Waals surface area contributed by atoms with Gasteiger partial charge in [-0.05, 0) is 19.3 Å². The van der Waals surface area contributed by atoms with Crippen LogP contribution in [-0.2, 0) is 27.5 Å². The Kier molecular flexibility index (Phi) is 7.05. The molecule has 3 aliphatic heterocycles. The van der Waals surface area contributed by atoms with Gasteiger partial charge in [0.2, 0.25) is 0 Å². The molecule has 0 aliphatic carbocycles. The molecule has 6 nitrogen and oxygen atoms in total. The third-order valence-corrected chi connectivity index (χ3v) is 9.55. The summed E-state index contributed by atoms with van der Waals surface area (Å²) in [6.45, 7) is 15.4. The number of rotatable bonds is 13. The third-order valence-electron chi connectivity index (χ3n) is 6.93. The summed E-state index contributed by atoms with van der Waals surface area (Å²) in [4.78, 5) is 0. The minimum atomic E-state index is -2.76. The Morgan fingerprint density at radius 3 is 1.04 bits per heavy atom. The fourth-order valence-electron chi connectivity index (χ4n) is 3.56. The molecule has 0 spiro atoms. The fourth-order valence-corrected chi connectivity index (χ4v) is 6.00. The molecule has 3 heterocycles. The number of ether oxygens (including phenoxy) is 3. The monoisotopic (exact) mass is 402 g/mol. The van der Waals surface area contributed by atoms with Gasteiger partial charge >= 0.3 is 8.80 Å². The summed E-state index contributed by atoms with van der Waals surface area (Å²) in [6, 6.07) is 0.787. The highest BCUT2D eigenvalue weighted by atomic mass is 28.4. The van der Waals surface area contributed by atoms with Crippen molar-refractivity contribution in [3.8, 4) is 0 Å². The third kappa shape index (κ3) is 4.60. The molecule has 3 fully saturated rings. The van der Waals surface area contributed by atoms with E-state index in [4.69, 9.17) is 27.5 Å². The van der Waals surface area contributed by atoms with E-state index in [0.717, 1.165) is 64.9 Å². The van der Waals surface area contributed by atoms with Crippen LogP contribution in [-0.4, -0.2) is 68.3 Å². The average molecular weight is 403 g/mol. The summed E-state index contributed by atoms with van der Waals surface area (Å²) >= 11 is 0. The first kappa shape index (κ1) is 21.7. The van der Waals surface area contributed by atoms with Gasteiger partial charge < -0.3 is 27.5 Å². The summed E-state index contributed by atoms with van der Waals surface area (Å²) in [5, 5.41) is 0. The van der Waals surface area contributed by atoms with Crippen LogP contribution in [0, 0.1) is 16.2 Å². The lowest BCUT2D eigenvalue weighted by Crippen LogP contribution is -2.57. The Bertz CT molecular complexity index is 392. The molecule has 0 amide bonds. The summed E-state index contributed by atoms with van der Waals surface area (Å²) in [5.41, 5.74) is 0.387. The lowest BCUT2D eigenvalue weighted by Gasteiger charge is -2.46. The molecular formula is C20H38O6Si. The molecule has 0 saturated carbocycles. The molecule has 0 aromatic rings. The molecule has 3 saturated heterocycles. The zero-order valence-corrected chi connectivity index (χ0v) is 18.6.